The molecule has 0 saturated carbocycles. The second kappa shape index (κ2) is 4.83. The van der Waals surface area contributed by atoms with Crippen LogP contribution in [0.1, 0.15) is 18.7 Å². The average molecular weight is 241 g/mol. The van der Waals surface area contributed by atoms with Crippen LogP contribution in [0.5, 0.6) is 0 Å². The molecule has 0 N–H and O–H groups in total. The van der Waals surface area contributed by atoms with Crippen molar-refractivity contribution in [3.63, 3.8) is 0 Å². The molecule has 0 aliphatic rings. The highest BCUT2D eigenvalue weighted by Gasteiger charge is 2.07. The van der Waals surface area contributed by atoms with Crippen molar-refractivity contribution in [2.45, 2.75) is 19.3 Å². The fourth-order valence-electron chi connectivity index (χ4n) is 1.81. The highest BCUT2D eigenvalue weighted by atomic mass is 35.5. The molecule has 1 heterocycles. The first-order chi connectivity index (χ1) is 7.72. The summed E-state index contributed by atoms with van der Waals surface area (Å²) in [4.78, 5) is 4.48. The maximum atomic E-state index is 13.1. The van der Waals surface area contributed by atoms with Crippen LogP contribution in [0.2, 0.25) is 0 Å². The lowest BCUT2D eigenvalue weighted by Crippen LogP contribution is -1.98. The van der Waals surface area contributed by atoms with Crippen LogP contribution in [-0.2, 0) is 13.5 Å². The molecule has 16 heavy (non-hydrogen) atoms. The number of halogens is 2. The van der Waals surface area contributed by atoms with Gasteiger partial charge in [-0.15, -0.1) is 11.6 Å². The molecule has 1 aromatic heterocycles. The Balaban J connectivity index is 2.29. The summed E-state index contributed by atoms with van der Waals surface area (Å²) >= 11 is 5.63. The maximum Gasteiger partial charge on any atom is 0.125 e. The SMILES string of the molecule is Cn1c(CCCCCl)nc2ccc(F)cc21. The first-order valence-electron chi connectivity index (χ1n) is 5.39. The lowest BCUT2D eigenvalue weighted by Gasteiger charge is -2.01. The Bertz CT molecular complexity index is 493. The van der Waals surface area contributed by atoms with Crippen LogP contribution < -0.4 is 0 Å². The number of rotatable bonds is 4. The van der Waals surface area contributed by atoms with Gasteiger partial charge < -0.3 is 4.57 Å². The quantitative estimate of drug-likeness (QED) is 0.593. The third kappa shape index (κ3) is 2.19. The molecule has 0 aliphatic heterocycles. The first kappa shape index (κ1) is 11.4. The third-order valence-corrected chi connectivity index (χ3v) is 2.99. The standard InChI is InChI=1S/C12H14ClFN2/c1-16-11-8-9(14)5-6-10(11)15-12(16)4-2-3-7-13/h5-6,8H,2-4,7H2,1H3. The van der Waals surface area contributed by atoms with Gasteiger partial charge in [0.15, 0.2) is 0 Å². The van der Waals surface area contributed by atoms with E-state index in [1.807, 2.05) is 11.6 Å². The van der Waals surface area contributed by atoms with E-state index in [0.717, 1.165) is 36.1 Å². The van der Waals surface area contributed by atoms with Crippen molar-refractivity contribution in [1.29, 1.82) is 0 Å². The minimum Gasteiger partial charge on any atom is -0.331 e. The van der Waals surface area contributed by atoms with Gasteiger partial charge in [-0.05, 0) is 31.0 Å². The minimum atomic E-state index is -0.220. The Hall–Kier alpha value is -1.09. The summed E-state index contributed by atoms with van der Waals surface area (Å²) in [5.41, 5.74) is 1.70. The van der Waals surface area contributed by atoms with Crippen molar-refractivity contribution >= 4 is 22.6 Å². The van der Waals surface area contributed by atoms with E-state index in [1.54, 1.807) is 6.07 Å². The van der Waals surface area contributed by atoms with Gasteiger partial charge in [0.25, 0.3) is 0 Å². The van der Waals surface area contributed by atoms with Crippen molar-refractivity contribution in [2.24, 2.45) is 7.05 Å². The molecule has 86 valence electrons. The molecule has 0 saturated heterocycles. The van der Waals surface area contributed by atoms with E-state index in [-0.39, 0.29) is 5.82 Å². The number of aryl methyl sites for hydroxylation is 2. The van der Waals surface area contributed by atoms with Gasteiger partial charge in [-0.3, -0.25) is 0 Å². The zero-order valence-electron chi connectivity index (χ0n) is 9.21. The molecule has 1 aromatic carbocycles. The van der Waals surface area contributed by atoms with E-state index >= 15 is 0 Å². The van der Waals surface area contributed by atoms with Gasteiger partial charge >= 0.3 is 0 Å². The van der Waals surface area contributed by atoms with Crippen molar-refractivity contribution < 1.29 is 4.39 Å². The van der Waals surface area contributed by atoms with Crippen molar-refractivity contribution in [3.8, 4) is 0 Å². The van der Waals surface area contributed by atoms with Gasteiger partial charge in [0.2, 0.25) is 0 Å². The highest BCUT2D eigenvalue weighted by Crippen LogP contribution is 2.17. The molecule has 2 rings (SSSR count). The van der Waals surface area contributed by atoms with Crippen LogP contribution in [0.3, 0.4) is 0 Å². The van der Waals surface area contributed by atoms with E-state index in [9.17, 15) is 4.39 Å². The van der Waals surface area contributed by atoms with E-state index in [1.165, 1.54) is 12.1 Å². The van der Waals surface area contributed by atoms with E-state index in [2.05, 4.69) is 4.98 Å². The van der Waals surface area contributed by atoms with Crippen LogP contribution in [-0.4, -0.2) is 15.4 Å². The van der Waals surface area contributed by atoms with Crippen LogP contribution in [0.4, 0.5) is 4.39 Å². The van der Waals surface area contributed by atoms with Crippen LogP contribution in [0.15, 0.2) is 18.2 Å². The molecule has 0 spiro atoms. The molecular formula is C12H14ClFN2. The Morgan fingerprint density at radius 1 is 1.38 bits per heavy atom. The van der Waals surface area contributed by atoms with Crippen LogP contribution in [0.25, 0.3) is 11.0 Å². The van der Waals surface area contributed by atoms with Crippen molar-refractivity contribution in [1.82, 2.24) is 9.55 Å². The zero-order chi connectivity index (χ0) is 11.5. The zero-order valence-corrected chi connectivity index (χ0v) is 9.97. The van der Waals surface area contributed by atoms with Crippen molar-refractivity contribution in [2.75, 3.05) is 5.88 Å². The summed E-state index contributed by atoms with van der Waals surface area (Å²) in [5.74, 6) is 1.45. The third-order valence-electron chi connectivity index (χ3n) is 2.72. The first-order valence-corrected chi connectivity index (χ1v) is 5.92. The second-order valence-electron chi connectivity index (χ2n) is 3.87. The molecule has 2 aromatic rings. The summed E-state index contributed by atoms with van der Waals surface area (Å²) in [7, 11) is 1.92. The normalized spacial score (nSPS) is 11.2. The summed E-state index contributed by atoms with van der Waals surface area (Å²) in [6.45, 7) is 0. The van der Waals surface area contributed by atoms with Gasteiger partial charge in [-0.1, -0.05) is 0 Å². The van der Waals surface area contributed by atoms with Gasteiger partial charge in [0.05, 0.1) is 11.0 Å². The molecule has 0 aliphatic carbocycles. The topological polar surface area (TPSA) is 17.8 Å². The van der Waals surface area contributed by atoms with Crippen LogP contribution in [0, 0.1) is 5.82 Å². The smallest absolute Gasteiger partial charge is 0.125 e. The Morgan fingerprint density at radius 3 is 2.94 bits per heavy atom. The monoisotopic (exact) mass is 240 g/mol. The molecule has 0 atom stereocenters. The van der Waals surface area contributed by atoms with Crippen LogP contribution >= 0.6 is 11.6 Å². The number of nitrogens with zero attached hydrogens (tertiary/aromatic N) is 2. The lowest BCUT2D eigenvalue weighted by atomic mass is 10.2. The molecule has 0 unspecified atom stereocenters. The second-order valence-corrected chi connectivity index (χ2v) is 4.24. The largest absolute Gasteiger partial charge is 0.331 e. The van der Waals surface area contributed by atoms with Gasteiger partial charge in [-0.25, -0.2) is 9.37 Å². The molecule has 0 amide bonds. The maximum absolute atomic E-state index is 13.1. The van der Waals surface area contributed by atoms with E-state index in [4.69, 9.17) is 11.6 Å². The summed E-state index contributed by atoms with van der Waals surface area (Å²) in [6.07, 6.45) is 2.89. The number of hydrogen-bond acceptors (Lipinski definition) is 1. The lowest BCUT2D eigenvalue weighted by molar-refractivity contribution is 0.628. The minimum absolute atomic E-state index is 0.220. The molecule has 0 radical (unpaired) electrons. The Kier molecular flexibility index (Phi) is 3.44. The van der Waals surface area contributed by atoms with E-state index < -0.39 is 0 Å². The predicted molar refractivity (Wildman–Crippen MR) is 64.3 cm³/mol. The number of aromatic nitrogens is 2. The highest BCUT2D eigenvalue weighted by molar-refractivity contribution is 6.17. The number of imidazole rings is 1. The molecule has 0 bridgehead atoms. The molecule has 0 fully saturated rings. The average Bonchev–Trinajstić information content (AvgIpc) is 2.57. The van der Waals surface area contributed by atoms with Gasteiger partial charge in [0, 0.05) is 19.3 Å². The number of hydrogen-bond donors (Lipinski definition) is 0. The summed E-state index contributed by atoms with van der Waals surface area (Å²) < 4.78 is 15.0. The number of fused-ring (bicyclic) bond motifs is 1. The molecule has 4 heteroatoms. The molecule has 2 nitrogen and oxygen atoms in total. The predicted octanol–water partition coefficient (Wildman–Crippen LogP) is 3.27. The Labute approximate surface area is 99.0 Å². The van der Waals surface area contributed by atoms with E-state index in [0.29, 0.717) is 5.88 Å². The summed E-state index contributed by atoms with van der Waals surface area (Å²) in [6, 6.07) is 4.68. The van der Waals surface area contributed by atoms with Gasteiger partial charge in [0.1, 0.15) is 11.6 Å². The summed E-state index contributed by atoms with van der Waals surface area (Å²) in [5, 5.41) is 0. The number of unbranched alkanes of at least 4 members (excludes halogenated alkanes) is 1. The fraction of sp³-hybridized carbons (Fsp3) is 0.417. The Morgan fingerprint density at radius 2 is 2.19 bits per heavy atom. The van der Waals surface area contributed by atoms with Gasteiger partial charge in [-0.2, -0.15) is 0 Å². The number of alkyl halides is 1. The number of benzene rings is 1. The van der Waals surface area contributed by atoms with Crippen molar-refractivity contribution in [3.05, 3.63) is 29.8 Å². The fourth-order valence-corrected chi connectivity index (χ4v) is 2.00. The molecular weight excluding hydrogens is 227 g/mol.